The van der Waals surface area contributed by atoms with Crippen LogP contribution in [0.25, 0.3) is 0 Å². The van der Waals surface area contributed by atoms with Gasteiger partial charge in [-0.25, -0.2) is 0 Å². The standard InChI is InChI=1S/C25H45P/c1-22(2,3)19-14-13-15-20(21(19)23(4,5)6)26(18-16-17-18,24(7,8)9)25(10,11)12/h13-15,18,26H,16-17H2,1-12H3. The van der Waals surface area contributed by atoms with Gasteiger partial charge in [0.1, 0.15) is 0 Å². The van der Waals surface area contributed by atoms with Gasteiger partial charge in [0, 0.05) is 0 Å². The molecule has 150 valence electrons. The molecule has 0 nitrogen and oxygen atoms in total. The van der Waals surface area contributed by atoms with Crippen LogP contribution in [0.1, 0.15) is 107 Å². The van der Waals surface area contributed by atoms with Crippen LogP contribution >= 0.6 is 7.26 Å². The van der Waals surface area contributed by atoms with Crippen molar-refractivity contribution in [3.05, 3.63) is 29.3 Å². The molecule has 0 aromatic heterocycles. The Balaban J connectivity index is 3.00. The molecule has 1 fully saturated rings. The van der Waals surface area contributed by atoms with Gasteiger partial charge in [-0.05, 0) is 0 Å². The molecule has 0 spiro atoms. The van der Waals surface area contributed by atoms with Gasteiger partial charge in [-0.1, -0.05) is 0 Å². The first-order valence-electron chi connectivity index (χ1n) is 10.6. The van der Waals surface area contributed by atoms with Crippen molar-refractivity contribution in [2.45, 2.75) is 123 Å². The molecule has 0 unspecified atom stereocenters. The minimum absolute atomic E-state index is 0.169. The first kappa shape index (κ1) is 21.9. The summed E-state index contributed by atoms with van der Waals surface area (Å²) in [7, 11) is -1.81. The summed E-state index contributed by atoms with van der Waals surface area (Å²) in [5.41, 5.74) is 4.50. The normalized spacial score (nSPS) is 18.2. The average Bonchev–Trinajstić information content (AvgIpc) is 3.18. The molecular weight excluding hydrogens is 331 g/mol. The van der Waals surface area contributed by atoms with E-state index in [9.17, 15) is 0 Å². The second-order valence-electron chi connectivity index (χ2n) is 12.8. The van der Waals surface area contributed by atoms with Gasteiger partial charge in [0.2, 0.25) is 0 Å². The van der Waals surface area contributed by atoms with Crippen molar-refractivity contribution in [3.63, 3.8) is 0 Å². The van der Waals surface area contributed by atoms with Crippen molar-refractivity contribution < 1.29 is 0 Å². The molecule has 0 atom stereocenters. The van der Waals surface area contributed by atoms with Gasteiger partial charge in [0.15, 0.2) is 0 Å². The Kier molecular flexibility index (Phi) is 5.35. The first-order chi connectivity index (χ1) is 11.5. The van der Waals surface area contributed by atoms with Gasteiger partial charge >= 0.3 is 165 Å². The molecule has 0 saturated heterocycles. The molecule has 0 radical (unpaired) electrons. The minimum atomic E-state index is -1.81. The molecule has 0 heterocycles. The Morgan fingerprint density at radius 2 is 1.15 bits per heavy atom. The Labute approximate surface area is 164 Å². The SMILES string of the molecule is CC(C)(C)c1cccc([PH](C2CC2)(C(C)(C)C)C(C)(C)C)c1C(C)(C)C. The maximum atomic E-state index is 2.54. The topological polar surface area (TPSA) is 0 Å². The first-order valence-corrected chi connectivity index (χ1v) is 12.7. The van der Waals surface area contributed by atoms with Gasteiger partial charge in [-0.3, -0.25) is 0 Å². The summed E-state index contributed by atoms with van der Waals surface area (Å²) in [6.45, 7) is 29.7. The molecule has 1 aromatic rings. The van der Waals surface area contributed by atoms with Crippen LogP contribution in [0.5, 0.6) is 0 Å². The van der Waals surface area contributed by atoms with Crippen LogP contribution in [0.2, 0.25) is 0 Å². The molecule has 1 aliphatic rings. The summed E-state index contributed by atoms with van der Waals surface area (Å²) in [5.74, 6) is 0. The average molecular weight is 377 g/mol. The summed E-state index contributed by atoms with van der Waals surface area (Å²) in [6.07, 6.45) is 2.87. The van der Waals surface area contributed by atoms with E-state index in [1.807, 2.05) is 0 Å². The zero-order chi connectivity index (χ0) is 20.3. The van der Waals surface area contributed by atoms with Crippen LogP contribution in [0.15, 0.2) is 18.2 Å². The maximum absolute atomic E-state index is 2.54. The molecule has 0 N–H and O–H groups in total. The third-order valence-electron chi connectivity index (χ3n) is 6.60. The number of hydrogen-bond acceptors (Lipinski definition) is 0. The quantitative estimate of drug-likeness (QED) is 0.471. The van der Waals surface area contributed by atoms with Gasteiger partial charge in [-0.2, -0.15) is 0 Å². The predicted molar refractivity (Wildman–Crippen MR) is 124 cm³/mol. The second kappa shape index (κ2) is 6.34. The van der Waals surface area contributed by atoms with Gasteiger partial charge < -0.3 is 0 Å². The molecule has 1 aliphatic carbocycles. The molecule has 26 heavy (non-hydrogen) atoms. The van der Waals surface area contributed by atoms with E-state index < -0.39 is 7.26 Å². The second-order valence-corrected chi connectivity index (χ2v) is 18.8. The van der Waals surface area contributed by atoms with Gasteiger partial charge in [-0.15, -0.1) is 0 Å². The van der Waals surface area contributed by atoms with Crippen molar-refractivity contribution >= 4 is 12.6 Å². The molecule has 2 rings (SSSR count). The number of benzene rings is 1. The summed E-state index contributed by atoms with van der Waals surface area (Å²) >= 11 is 0. The van der Waals surface area contributed by atoms with E-state index >= 15 is 0 Å². The van der Waals surface area contributed by atoms with E-state index in [2.05, 4.69) is 101 Å². The predicted octanol–water partition coefficient (Wildman–Crippen LogP) is 7.42. The van der Waals surface area contributed by atoms with Crippen LogP contribution in [0.4, 0.5) is 0 Å². The van der Waals surface area contributed by atoms with Crippen LogP contribution in [-0.4, -0.2) is 16.0 Å². The molecular formula is C25H45P. The van der Waals surface area contributed by atoms with Crippen molar-refractivity contribution in [1.29, 1.82) is 0 Å². The van der Waals surface area contributed by atoms with E-state index in [0.29, 0.717) is 10.3 Å². The molecule has 1 aromatic carbocycles. The monoisotopic (exact) mass is 376 g/mol. The van der Waals surface area contributed by atoms with Crippen LogP contribution in [0.3, 0.4) is 0 Å². The van der Waals surface area contributed by atoms with Crippen LogP contribution in [0, 0.1) is 0 Å². The number of rotatable bonds is 2. The van der Waals surface area contributed by atoms with E-state index in [4.69, 9.17) is 0 Å². The fourth-order valence-corrected chi connectivity index (χ4v) is 15.3. The van der Waals surface area contributed by atoms with E-state index in [1.165, 1.54) is 12.8 Å². The zero-order valence-corrected chi connectivity index (χ0v) is 20.7. The molecule has 1 saturated carbocycles. The van der Waals surface area contributed by atoms with Gasteiger partial charge in [0.25, 0.3) is 0 Å². The summed E-state index contributed by atoms with van der Waals surface area (Å²) in [4.78, 5) is 0. The molecule has 0 amide bonds. The zero-order valence-electron chi connectivity index (χ0n) is 19.7. The van der Waals surface area contributed by atoms with Gasteiger partial charge in [0.05, 0.1) is 0 Å². The Bertz CT molecular complexity index is 635. The third-order valence-corrected chi connectivity index (χ3v) is 14.4. The third kappa shape index (κ3) is 3.53. The van der Waals surface area contributed by atoms with Crippen molar-refractivity contribution in [2.24, 2.45) is 0 Å². The van der Waals surface area contributed by atoms with E-state index in [1.54, 1.807) is 16.4 Å². The number of hydrogen-bond donors (Lipinski definition) is 0. The summed E-state index contributed by atoms with van der Waals surface area (Å²) < 4.78 is 0. The Morgan fingerprint density at radius 1 is 0.692 bits per heavy atom. The van der Waals surface area contributed by atoms with Crippen LogP contribution < -0.4 is 5.30 Å². The molecule has 0 bridgehead atoms. The Morgan fingerprint density at radius 3 is 1.46 bits per heavy atom. The van der Waals surface area contributed by atoms with Crippen molar-refractivity contribution in [1.82, 2.24) is 0 Å². The van der Waals surface area contributed by atoms with E-state index in [-0.39, 0.29) is 10.8 Å². The summed E-state index contributed by atoms with van der Waals surface area (Å²) in [5, 5.41) is 2.46. The molecule has 0 aliphatic heterocycles. The molecule has 1 heteroatoms. The fourth-order valence-electron chi connectivity index (χ4n) is 6.21. The fraction of sp³-hybridized carbons (Fsp3) is 0.760. The van der Waals surface area contributed by atoms with Crippen LogP contribution in [-0.2, 0) is 10.8 Å². The van der Waals surface area contributed by atoms with Crippen molar-refractivity contribution in [3.8, 4) is 0 Å². The van der Waals surface area contributed by atoms with Crippen molar-refractivity contribution in [2.75, 3.05) is 0 Å². The van der Waals surface area contributed by atoms with E-state index in [0.717, 1.165) is 5.66 Å². The summed E-state index contributed by atoms with van der Waals surface area (Å²) in [6, 6.07) is 7.31. The Hall–Kier alpha value is -0.350.